The van der Waals surface area contributed by atoms with Gasteiger partial charge in [-0.1, -0.05) is 58.2 Å². The van der Waals surface area contributed by atoms with E-state index in [1.165, 1.54) is 44.9 Å². The van der Waals surface area contributed by atoms with Gasteiger partial charge in [0, 0.05) is 0 Å². The third-order valence-electron chi connectivity index (χ3n) is 3.29. The van der Waals surface area contributed by atoms with Crippen molar-refractivity contribution in [3.63, 3.8) is 0 Å². The van der Waals surface area contributed by atoms with Gasteiger partial charge in [0.05, 0.1) is 0 Å². The summed E-state index contributed by atoms with van der Waals surface area (Å²) in [5, 5.41) is 0. The average molecular weight is 218 g/mol. The van der Waals surface area contributed by atoms with Crippen molar-refractivity contribution < 1.29 is 0 Å². The monoisotopic (exact) mass is 218 g/mol. The normalized spacial score (nSPS) is 10.7. The van der Waals surface area contributed by atoms with Gasteiger partial charge in [0.25, 0.3) is 0 Å². The summed E-state index contributed by atoms with van der Waals surface area (Å²) in [6.07, 6.45) is 8.98. The largest absolute Gasteiger partial charge is 0.0654 e. The molecule has 1 rings (SSSR count). The Bertz CT molecular complexity index is 299. The molecule has 0 aromatic heterocycles. The predicted octanol–water partition coefficient (Wildman–Crippen LogP) is 4.93. The lowest BCUT2D eigenvalue weighted by molar-refractivity contribution is 0.712. The first-order valence-electron chi connectivity index (χ1n) is 6.93. The highest BCUT2D eigenvalue weighted by Crippen LogP contribution is 2.19. The van der Waals surface area contributed by atoms with E-state index in [0.717, 1.165) is 0 Å². The lowest BCUT2D eigenvalue weighted by Crippen LogP contribution is -1.99. The minimum Gasteiger partial charge on any atom is -0.0654 e. The summed E-state index contributed by atoms with van der Waals surface area (Å²) >= 11 is 0. The van der Waals surface area contributed by atoms with Crippen molar-refractivity contribution in [1.82, 2.24) is 0 Å². The van der Waals surface area contributed by atoms with Gasteiger partial charge < -0.3 is 0 Å². The van der Waals surface area contributed by atoms with E-state index >= 15 is 0 Å². The van der Waals surface area contributed by atoms with Gasteiger partial charge in [0.15, 0.2) is 0 Å². The molecule has 0 aliphatic heterocycles. The Hall–Kier alpha value is -0.780. The molecule has 0 N–H and O–H groups in total. The van der Waals surface area contributed by atoms with Crippen molar-refractivity contribution in [1.29, 1.82) is 0 Å². The second kappa shape index (κ2) is 7.49. The van der Waals surface area contributed by atoms with Crippen LogP contribution >= 0.6 is 0 Å². The molecule has 0 radical (unpaired) electrons. The molecule has 1 aromatic rings. The van der Waals surface area contributed by atoms with Crippen molar-refractivity contribution in [2.24, 2.45) is 0 Å². The standard InChI is InChI=1S/C16H26/c1-4-7-8-11-15-13-9-12-14(10-5-2)16(15)6-3/h9,12-13H,4-8,10-11H2,1-3H3. The van der Waals surface area contributed by atoms with Crippen LogP contribution in [0.4, 0.5) is 0 Å². The molecular weight excluding hydrogens is 192 g/mol. The zero-order chi connectivity index (χ0) is 11.8. The number of rotatable bonds is 7. The van der Waals surface area contributed by atoms with E-state index in [9.17, 15) is 0 Å². The topological polar surface area (TPSA) is 0 Å². The molecule has 0 amide bonds. The van der Waals surface area contributed by atoms with E-state index in [0.29, 0.717) is 0 Å². The van der Waals surface area contributed by atoms with Crippen LogP contribution < -0.4 is 0 Å². The van der Waals surface area contributed by atoms with E-state index in [4.69, 9.17) is 0 Å². The van der Waals surface area contributed by atoms with Gasteiger partial charge >= 0.3 is 0 Å². The maximum absolute atomic E-state index is 2.33. The molecule has 16 heavy (non-hydrogen) atoms. The molecular formula is C16H26. The van der Waals surface area contributed by atoms with Crippen molar-refractivity contribution in [2.75, 3.05) is 0 Å². The van der Waals surface area contributed by atoms with Crippen molar-refractivity contribution in [3.05, 3.63) is 34.9 Å². The fourth-order valence-electron chi connectivity index (χ4n) is 2.45. The zero-order valence-corrected chi connectivity index (χ0v) is 11.2. The third-order valence-corrected chi connectivity index (χ3v) is 3.29. The van der Waals surface area contributed by atoms with Gasteiger partial charge in [-0.25, -0.2) is 0 Å². The molecule has 0 heterocycles. The van der Waals surface area contributed by atoms with E-state index in [1.807, 2.05) is 0 Å². The van der Waals surface area contributed by atoms with E-state index in [2.05, 4.69) is 39.0 Å². The van der Waals surface area contributed by atoms with E-state index in [1.54, 1.807) is 16.7 Å². The minimum absolute atomic E-state index is 1.19. The Kier molecular flexibility index (Phi) is 6.22. The predicted molar refractivity (Wildman–Crippen MR) is 73.0 cm³/mol. The molecule has 0 saturated carbocycles. The van der Waals surface area contributed by atoms with E-state index in [-0.39, 0.29) is 0 Å². The number of aryl methyl sites for hydroxylation is 2. The molecule has 0 saturated heterocycles. The van der Waals surface area contributed by atoms with Crippen LogP contribution in [-0.2, 0) is 19.3 Å². The van der Waals surface area contributed by atoms with Crippen LogP contribution in [-0.4, -0.2) is 0 Å². The molecule has 0 aliphatic carbocycles. The first kappa shape index (κ1) is 13.3. The van der Waals surface area contributed by atoms with Crippen molar-refractivity contribution in [2.45, 2.75) is 65.7 Å². The maximum atomic E-state index is 2.33. The van der Waals surface area contributed by atoms with E-state index < -0.39 is 0 Å². The van der Waals surface area contributed by atoms with Crippen LogP contribution in [0.15, 0.2) is 18.2 Å². The lowest BCUT2D eigenvalue weighted by atomic mass is 9.93. The van der Waals surface area contributed by atoms with Gasteiger partial charge in [-0.15, -0.1) is 0 Å². The van der Waals surface area contributed by atoms with Crippen LogP contribution in [0.25, 0.3) is 0 Å². The maximum Gasteiger partial charge on any atom is -0.0276 e. The van der Waals surface area contributed by atoms with Gasteiger partial charge in [0.2, 0.25) is 0 Å². The summed E-state index contributed by atoms with van der Waals surface area (Å²) in [7, 11) is 0. The Labute approximate surface area is 101 Å². The van der Waals surface area contributed by atoms with Crippen LogP contribution in [0.2, 0.25) is 0 Å². The third kappa shape index (κ3) is 3.66. The number of hydrogen-bond acceptors (Lipinski definition) is 0. The highest BCUT2D eigenvalue weighted by atomic mass is 14.1. The smallest absolute Gasteiger partial charge is 0.0276 e. The van der Waals surface area contributed by atoms with Gasteiger partial charge in [-0.2, -0.15) is 0 Å². The fraction of sp³-hybridized carbons (Fsp3) is 0.625. The summed E-state index contributed by atoms with van der Waals surface area (Å²) in [5.41, 5.74) is 4.81. The minimum atomic E-state index is 1.19. The van der Waals surface area contributed by atoms with Crippen LogP contribution in [0, 0.1) is 0 Å². The van der Waals surface area contributed by atoms with Crippen LogP contribution in [0.1, 0.15) is 63.1 Å². The van der Waals surface area contributed by atoms with Gasteiger partial charge in [-0.05, 0) is 42.4 Å². The second-order valence-corrected chi connectivity index (χ2v) is 4.62. The summed E-state index contributed by atoms with van der Waals surface area (Å²) in [6, 6.07) is 6.88. The Morgan fingerprint density at radius 3 is 2.06 bits per heavy atom. The highest BCUT2D eigenvalue weighted by molar-refractivity contribution is 5.35. The Morgan fingerprint density at radius 2 is 1.50 bits per heavy atom. The van der Waals surface area contributed by atoms with Crippen molar-refractivity contribution >= 4 is 0 Å². The average Bonchev–Trinajstić information content (AvgIpc) is 2.30. The number of benzene rings is 1. The fourth-order valence-corrected chi connectivity index (χ4v) is 2.45. The van der Waals surface area contributed by atoms with Gasteiger partial charge in [-0.3, -0.25) is 0 Å². The van der Waals surface area contributed by atoms with Crippen LogP contribution in [0.5, 0.6) is 0 Å². The summed E-state index contributed by atoms with van der Waals surface area (Å²) in [5.74, 6) is 0. The molecule has 0 nitrogen and oxygen atoms in total. The first-order valence-corrected chi connectivity index (χ1v) is 6.93. The number of unbranched alkanes of at least 4 members (excludes halogenated alkanes) is 2. The molecule has 0 heteroatoms. The highest BCUT2D eigenvalue weighted by Gasteiger charge is 2.05. The lowest BCUT2D eigenvalue weighted by Gasteiger charge is -2.13. The second-order valence-electron chi connectivity index (χ2n) is 4.62. The summed E-state index contributed by atoms with van der Waals surface area (Å²) in [6.45, 7) is 6.83. The molecule has 0 fully saturated rings. The molecule has 0 spiro atoms. The summed E-state index contributed by atoms with van der Waals surface area (Å²) in [4.78, 5) is 0. The Balaban J connectivity index is 2.77. The zero-order valence-electron chi connectivity index (χ0n) is 11.2. The molecule has 0 aliphatic rings. The first-order chi connectivity index (χ1) is 7.83. The molecule has 0 bridgehead atoms. The number of hydrogen-bond donors (Lipinski definition) is 0. The van der Waals surface area contributed by atoms with Crippen molar-refractivity contribution in [3.8, 4) is 0 Å². The molecule has 1 aromatic carbocycles. The molecule has 0 atom stereocenters. The SMILES string of the molecule is CCCCCc1cccc(CCC)c1CC. The molecule has 90 valence electrons. The Morgan fingerprint density at radius 1 is 0.812 bits per heavy atom. The summed E-state index contributed by atoms with van der Waals surface area (Å²) < 4.78 is 0. The van der Waals surface area contributed by atoms with Gasteiger partial charge in [0.1, 0.15) is 0 Å². The molecule has 0 unspecified atom stereocenters. The van der Waals surface area contributed by atoms with Crippen LogP contribution in [0.3, 0.4) is 0 Å². The quantitative estimate of drug-likeness (QED) is 0.569.